The molecule has 0 aromatic carbocycles. The standard InChI is InChI=1S/C5H8BrN3O/c1-9-5(6)4(2-7-9)3-8-10/h2,8,10H,3H2,1H3. The summed E-state index contributed by atoms with van der Waals surface area (Å²) in [5, 5.41) is 12.3. The Morgan fingerprint density at radius 2 is 2.60 bits per heavy atom. The van der Waals surface area contributed by atoms with Crippen molar-refractivity contribution < 1.29 is 5.21 Å². The predicted octanol–water partition coefficient (Wildman–Crippen LogP) is 0.661. The number of aryl methyl sites for hydroxylation is 1. The van der Waals surface area contributed by atoms with Crippen LogP contribution in [-0.2, 0) is 13.6 Å². The second-order valence-electron chi connectivity index (χ2n) is 1.92. The van der Waals surface area contributed by atoms with E-state index in [4.69, 9.17) is 5.21 Å². The molecule has 0 aliphatic carbocycles. The molecule has 1 aromatic rings. The van der Waals surface area contributed by atoms with Gasteiger partial charge >= 0.3 is 0 Å². The fourth-order valence-corrected chi connectivity index (χ4v) is 1.01. The van der Waals surface area contributed by atoms with Gasteiger partial charge in [-0.05, 0) is 15.9 Å². The van der Waals surface area contributed by atoms with Gasteiger partial charge in [0.05, 0.1) is 12.7 Å². The molecule has 0 radical (unpaired) electrons. The molecule has 1 heterocycles. The third-order valence-electron chi connectivity index (χ3n) is 1.21. The van der Waals surface area contributed by atoms with E-state index in [9.17, 15) is 0 Å². The van der Waals surface area contributed by atoms with Crippen molar-refractivity contribution in [3.63, 3.8) is 0 Å². The van der Waals surface area contributed by atoms with Gasteiger partial charge in [-0.15, -0.1) is 0 Å². The molecule has 2 N–H and O–H groups in total. The zero-order chi connectivity index (χ0) is 7.56. The smallest absolute Gasteiger partial charge is 0.108 e. The summed E-state index contributed by atoms with van der Waals surface area (Å²) in [4.78, 5) is 0. The van der Waals surface area contributed by atoms with Crippen LogP contribution < -0.4 is 5.48 Å². The number of nitrogens with one attached hydrogen (secondary N) is 1. The fraction of sp³-hybridized carbons (Fsp3) is 0.400. The molecule has 0 aliphatic rings. The van der Waals surface area contributed by atoms with Crippen molar-refractivity contribution in [2.45, 2.75) is 6.54 Å². The average molecular weight is 206 g/mol. The summed E-state index contributed by atoms with van der Waals surface area (Å²) in [6.07, 6.45) is 1.69. The Morgan fingerprint density at radius 1 is 1.90 bits per heavy atom. The highest BCUT2D eigenvalue weighted by Gasteiger charge is 2.02. The Labute approximate surface area is 66.9 Å². The first kappa shape index (κ1) is 7.71. The van der Waals surface area contributed by atoms with E-state index in [0.29, 0.717) is 6.54 Å². The molecular formula is C5H8BrN3O. The average Bonchev–Trinajstić information content (AvgIpc) is 2.20. The van der Waals surface area contributed by atoms with Crippen LogP contribution in [0.3, 0.4) is 0 Å². The van der Waals surface area contributed by atoms with Gasteiger partial charge in [0.25, 0.3) is 0 Å². The predicted molar refractivity (Wildman–Crippen MR) is 39.5 cm³/mol. The van der Waals surface area contributed by atoms with Crippen LogP contribution in [0.2, 0.25) is 0 Å². The number of halogens is 1. The molecule has 0 aliphatic heterocycles. The molecular weight excluding hydrogens is 198 g/mol. The summed E-state index contributed by atoms with van der Waals surface area (Å²) < 4.78 is 2.57. The fourth-order valence-electron chi connectivity index (χ4n) is 0.672. The Hall–Kier alpha value is -0.390. The molecule has 1 rings (SSSR count). The van der Waals surface area contributed by atoms with E-state index in [2.05, 4.69) is 26.5 Å². The SMILES string of the molecule is Cn1ncc(CNO)c1Br. The lowest BCUT2D eigenvalue weighted by Gasteiger charge is -1.94. The third kappa shape index (κ3) is 1.36. The zero-order valence-electron chi connectivity index (χ0n) is 5.50. The summed E-state index contributed by atoms with van der Waals surface area (Å²) >= 11 is 3.30. The Balaban J connectivity index is 2.83. The van der Waals surface area contributed by atoms with Gasteiger partial charge in [0, 0.05) is 12.6 Å². The highest BCUT2D eigenvalue weighted by atomic mass is 79.9. The minimum Gasteiger partial charge on any atom is -0.316 e. The number of rotatable bonds is 2. The van der Waals surface area contributed by atoms with Crippen molar-refractivity contribution in [3.8, 4) is 0 Å². The van der Waals surface area contributed by atoms with E-state index in [0.717, 1.165) is 10.2 Å². The first-order valence-corrected chi connectivity index (χ1v) is 3.58. The van der Waals surface area contributed by atoms with Crippen LogP contribution in [-0.4, -0.2) is 15.0 Å². The van der Waals surface area contributed by atoms with E-state index >= 15 is 0 Å². The number of hydrogen-bond acceptors (Lipinski definition) is 3. The first-order valence-electron chi connectivity index (χ1n) is 2.79. The van der Waals surface area contributed by atoms with Crippen LogP contribution >= 0.6 is 15.9 Å². The topological polar surface area (TPSA) is 50.1 Å². The number of hydrogen-bond donors (Lipinski definition) is 2. The Morgan fingerprint density at radius 3 is 3.00 bits per heavy atom. The van der Waals surface area contributed by atoms with Crippen LogP contribution in [0.4, 0.5) is 0 Å². The molecule has 0 unspecified atom stereocenters. The largest absolute Gasteiger partial charge is 0.316 e. The first-order chi connectivity index (χ1) is 4.75. The summed E-state index contributed by atoms with van der Waals surface area (Å²) in [5.74, 6) is 0. The molecule has 0 atom stereocenters. The molecule has 5 heteroatoms. The van der Waals surface area contributed by atoms with Crippen molar-refractivity contribution in [1.29, 1.82) is 0 Å². The molecule has 0 saturated heterocycles. The Bertz CT molecular complexity index is 223. The second kappa shape index (κ2) is 3.14. The minimum absolute atomic E-state index is 0.411. The van der Waals surface area contributed by atoms with Crippen LogP contribution in [0.5, 0.6) is 0 Å². The van der Waals surface area contributed by atoms with Gasteiger partial charge in [0.15, 0.2) is 0 Å². The van der Waals surface area contributed by atoms with E-state index in [1.807, 2.05) is 7.05 Å². The van der Waals surface area contributed by atoms with E-state index in [1.54, 1.807) is 10.9 Å². The molecule has 0 saturated carbocycles. The van der Waals surface area contributed by atoms with Gasteiger partial charge in [0.2, 0.25) is 0 Å². The monoisotopic (exact) mass is 205 g/mol. The third-order valence-corrected chi connectivity index (χ3v) is 2.23. The van der Waals surface area contributed by atoms with Gasteiger partial charge in [-0.1, -0.05) is 0 Å². The molecule has 0 bridgehead atoms. The van der Waals surface area contributed by atoms with Crippen molar-refractivity contribution in [2.75, 3.05) is 0 Å². The molecule has 1 aromatic heterocycles. The van der Waals surface area contributed by atoms with Crippen molar-refractivity contribution >= 4 is 15.9 Å². The van der Waals surface area contributed by atoms with Crippen LogP contribution in [0.15, 0.2) is 10.8 Å². The van der Waals surface area contributed by atoms with E-state index in [1.165, 1.54) is 0 Å². The van der Waals surface area contributed by atoms with Gasteiger partial charge in [-0.2, -0.15) is 5.10 Å². The van der Waals surface area contributed by atoms with E-state index in [-0.39, 0.29) is 0 Å². The number of hydroxylamine groups is 1. The molecule has 56 valence electrons. The van der Waals surface area contributed by atoms with Crippen LogP contribution in [0.1, 0.15) is 5.56 Å². The van der Waals surface area contributed by atoms with Crippen molar-refractivity contribution in [2.24, 2.45) is 7.05 Å². The van der Waals surface area contributed by atoms with Gasteiger partial charge in [-0.25, -0.2) is 5.48 Å². The molecule has 0 spiro atoms. The molecule has 4 nitrogen and oxygen atoms in total. The normalized spacial score (nSPS) is 10.3. The van der Waals surface area contributed by atoms with Crippen LogP contribution in [0.25, 0.3) is 0 Å². The number of nitrogens with zero attached hydrogens (tertiary/aromatic N) is 2. The van der Waals surface area contributed by atoms with Gasteiger partial charge in [0.1, 0.15) is 4.60 Å². The summed E-state index contributed by atoms with van der Waals surface area (Å²) in [7, 11) is 1.82. The number of aromatic nitrogens is 2. The quantitative estimate of drug-likeness (QED) is 0.699. The lowest BCUT2D eigenvalue weighted by molar-refractivity contribution is 0.161. The van der Waals surface area contributed by atoms with Gasteiger partial charge in [-0.3, -0.25) is 4.68 Å². The second-order valence-corrected chi connectivity index (χ2v) is 2.67. The lowest BCUT2D eigenvalue weighted by atomic mass is 10.4. The zero-order valence-corrected chi connectivity index (χ0v) is 7.09. The summed E-state index contributed by atoms with van der Waals surface area (Å²) in [5.41, 5.74) is 2.99. The van der Waals surface area contributed by atoms with Crippen LogP contribution in [0, 0.1) is 0 Å². The summed E-state index contributed by atoms with van der Waals surface area (Å²) in [6.45, 7) is 0.411. The molecule has 0 fully saturated rings. The van der Waals surface area contributed by atoms with Crippen molar-refractivity contribution in [3.05, 3.63) is 16.4 Å². The maximum absolute atomic E-state index is 8.35. The maximum Gasteiger partial charge on any atom is 0.108 e. The lowest BCUT2D eigenvalue weighted by Crippen LogP contribution is -2.05. The van der Waals surface area contributed by atoms with Gasteiger partial charge < -0.3 is 5.21 Å². The minimum atomic E-state index is 0.411. The Kier molecular flexibility index (Phi) is 2.42. The maximum atomic E-state index is 8.35. The van der Waals surface area contributed by atoms with Crippen molar-refractivity contribution in [1.82, 2.24) is 15.3 Å². The molecule has 10 heavy (non-hydrogen) atoms. The molecule has 0 amide bonds. The summed E-state index contributed by atoms with van der Waals surface area (Å²) in [6, 6.07) is 0. The highest BCUT2D eigenvalue weighted by molar-refractivity contribution is 9.10. The van der Waals surface area contributed by atoms with E-state index < -0.39 is 0 Å². The highest BCUT2D eigenvalue weighted by Crippen LogP contribution is 2.13.